The minimum atomic E-state index is 0.0818. The first kappa shape index (κ1) is 17.9. The third kappa shape index (κ3) is 3.42. The highest BCUT2D eigenvalue weighted by molar-refractivity contribution is 5.84. The van der Waals surface area contributed by atoms with Gasteiger partial charge in [-0.25, -0.2) is 4.98 Å². The van der Waals surface area contributed by atoms with E-state index in [0.717, 1.165) is 47.6 Å². The number of hydrogen-bond acceptors (Lipinski definition) is 5. The van der Waals surface area contributed by atoms with E-state index in [2.05, 4.69) is 47.3 Å². The Morgan fingerprint density at radius 3 is 2.74 bits per heavy atom. The van der Waals surface area contributed by atoms with Gasteiger partial charge in [0.25, 0.3) is 0 Å². The van der Waals surface area contributed by atoms with Crippen LogP contribution in [0.2, 0.25) is 0 Å². The summed E-state index contributed by atoms with van der Waals surface area (Å²) in [5.74, 6) is 0.258. The number of rotatable bonds is 3. The molecule has 3 N–H and O–H groups in total. The molecule has 1 aromatic carbocycles. The lowest BCUT2D eigenvalue weighted by Gasteiger charge is -2.45. The largest absolute Gasteiger partial charge is 0.508 e. The van der Waals surface area contributed by atoms with E-state index in [4.69, 9.17) is 4.98 Å². The van der Waals surface area contributed by atoms with Crippen molar-refractivity contribution in [3.63, 3.8) is 0 Å². The predicted octanol–water partition coefficient (Wildman–Crippen LogP) is 3.21. The van der Waals surface area contributed by atoms with E-state index in [-0.39, 0.29) is 11.3 Å². The molecular weight excluding hydrogens is 338 g/mol. The lowest BCUT2D eigenvalue weighted by Crippen LogP contribution is -2.60. The van der Waals surface area contributed by atoms with Crippen molar-refractivity contribution in [2.45, 2.75) is 45.8 Å². The maximum Gasteiger partial charge on any atom is 0.156 e. The molecule has 0 aliphatic carbocycles. The lowest BCUT2D eigenvalue weighted by molar-refractivity contribution is 0.0630. The first-order chi connectivity index (χ1) is 12.8. The summed E-state index contributed by atoms with van der Waals surface area (Å²) in [4.78, 5) is 7.31. The number of piperazine rings is 1. The molecule has 4 rings (SSSR count). The highest BCUT2D eigenvalue weighted by Gasteiger charge is 2.32. The van der Waals surface area contributed by atoms with Crippen LogP contribution in [0.25, 0.3) is 22.3 Å². The zero-order valence-corrected chi connectivity index (χ0v) is 16.4. The first-order valence-electron chi connectivity index (χ1n) is 9.46. The van der Waals surface area contributed by atoms with Crippen molar-refractivity contribution in [2.24, 2.45) is 0 Å². The Kier molecular flexibility index (Phi) is 4.40. The Morgan fingerprint density at radius 2 is 2.00 bits per heavy atom. The van der Waals surface area contributed by atoms with E-state index in [1.165, 1.54) is 5.56 Å². The fourth-order valence-corrected chi connectivity index (χ4v) is 3.84. The Labute approximate surface area is 159 Å². The predicted molar refractivity (Wildman–Crippen MR) is 108 cm³/mol. The van der Waals surface area contributed by atoms with E-state index >= 15 is 0 Å². The molecule has 0 unspecified atom stereocenters. The van der Waals surface area contributed by atoms with Crippen molar-refractivity contribution in [3.8, 4) is 17.0 Å². The second-order valence-corrected chi connectivity index (χ2v) is 8.22. The molecule has 1 fully saturated rings. The third-order valence-corrected chi connectivity index (χ3v) is 5.55. The highest BCUT2D eigenvalue weighted by Crippen LogP contribution is 2.30. The normalized spacial score (nSPS) is 20.2. The summed E-state index contributed by atoms with van der Waals surface area (Å²) in [6, 6.07) is 9.82. The summed E-state index contributed by atoms with van der Waals surface area (Å²) in [7, 11) is 0. The number of phenols is 1. The Bertz CT molecular complexity index is 961. The number of phenolic OH excluding ortho intramolecular Hbond substituents is 1. The summed E-state index contributed by atoms with van der Waals surface area (Å²) < 4.78 is 0. The topological polar surface area (TPSA) is 77.1 Å². The minimum Gasteiger partial charge on any atom is -0.508 e. The molecule has 3 aromatic rings. The number of hydrogen-bond donors (Lipinski definition) is 3. The van der Waals surface area contributed by atoms with Crippen molar-refractivity contribution >= 4 is 11.0 Å². The Balaban J connectivity index is 1.78. The van der Waals surface area contributed by atoms with E-state index in [1.54, 1.807) is 12.1 Å². The molecule has 1 aliphatic rings. The second-order valence-electron chi connectivity index (χ2n) is 8.22. The number of aromatic nitrogens is 3. The van der Waals surface area contributed by atoms with Crippen LogP contribution < -0.4 is 5.32 Å². The molecule has 6 heteroatoms. The maximum absolute atomic E-state index is 9.58. The van der Waals surface area contributed by atoms with Crippen molar-refractivity contribution in [1.82, 2.24) is 25.4 Å². The fourth-order valence-electron chi connectivity index (χ4n) is 3.84. The summed E-state index contributed by atoms with van der Waals surface area (Å²) in [6.07, 6.45) is 0. The number of nitrogens with zero attached hydrogens (tertiary/aromatic N) is 3. The van der Waals surface area contributed by atoms with E-state index in [0.29, 0.717) is 6.04 Å². The number of benzene rings is 1. The molecule has 1 saturated heterocycles. The van der Waals surface area contributed by atoms with Crippen LogP contribution in [0.3, 0.4) is 0 Å². The molecule has 2 aromatic heterocycles. The smallest absolute Gasteiger partial charge is 0.156 e. The number of nitrogens with one attached hydrogen (secondary N) is 2. The number of pyridine rings is 1. The van der Waals surface area contributed by atoms with Crippen LogP contribution in [-0.2, 0) is 6.54 Å². The van der Waals surface area contributed by atoms with Crippen LogP contribution >= 0.6 is 0 Å². The summed E-state index contributed by atoms with van der Waals surface area (Å²) in [5.41, 5.74) is 4.98. The van der Waals surface area contributed by atoms with Gasteiger partial charge in [-0.1, -0.05) is 0 Å². The molecule has 0 radical (unpaired) electrons. The van der Waals surface area contributed by atoms with E-state index < -0.39 is 0 Å². The van der Waals surface area contributed by atoms with Crippen molar-refractivity contribution in [1.29, 1.82) is 0 Å². The van der Waals surface area contributed by atoms with Gasteiger partial charge in [0.05, 0.1) is 11.4 Å². The van der Waals surface area contributed by atoms with Gasteiger partial charge >= 0.3 is 0 Å². The van der Waals surface area contributed by atoms with Crippen LogP contribution in [0.4, 0.5) is 0 Å². The van der Waals surface area contributed by atoms with Gasteiger partial charge in [0, 0.05) is 42.2 Å². The summed E-state index contributed by atoms with van der Waals surface area (Å²) in [6.45, 7) is 11.6. The lowest BCUT2D eigenvalue weighted by atomic mass is 9.96. The molecular formula is C21H27N5O. The molecule has 1 atom stereocenters. The third-order valence-electron chi connectivity index (χ3n) is 5.55. The molecule has 0 saturated carbocycles. The molecule has 0 bridgehead atoms. The zero-order valence-electron chi connectivity index (χ0n) is 16.4. The van der Waals surface area contributed by atoms with Gasteiger partial charge in [-0.05, 0) is 63.6 Å². The van der Waals surface area contributed by atoms with Gasteiger partial charge in [-0.3, -0.25) is 10.00 Å². The molecule has 142 valence electrons. The van der Waals surface area contributed by atoms with Crippen LogP contribution in [0.1, 0.15) is 32.0 Å². The molecule has 0 amide bonds. The van der Waals surface area contributed by atoms with Gasteiger partial charge < -0.3 is 10.4 Å². The molecule has 6 nitrogen and oxygen atoms in total. The van der Waals surface area contributed by atoms with Crippen LogP contribution in [0.15, 0.2) is 30.3 Å². The fraction of sp³-hybridized carbons (Fsp3) is 0.429. The molecule has 27 heavy (non-hydrogen) atoms. The monoisotopic (exact) mass is 365 g/mol. The minimum absolute atomic E-state index is 0.0818. The average Bonchev–Trinajstić information content (AvgIpc) is 3.00. The highest BCUT2D eigenvalue weighted by atomic mass is 16.3. The van der Waals surface area contributed by atoms with Gasteiger partial charge in [-0.15, -0.1) is 0 Å². The SMILES string of the molecule is Cc1n[nH]c2nc(-c3ccc(O)cc3)cc(CN3C[C@H](C)NCC3(C)C)c12. The van der Waals surface area contributed by atoms with Crippen LogP contribution in [0.5, 0.6) is 5.75 Å². The van der Waals surface area contributed by atoms with E-state index in [9.17, 15) is 5.11 Å². The quantitative estimate of drug-likeness (QED) is 0.664. The molecule has 3 heterocycles. The van der Waals surface area contributed by atoms with Crippen LogP contribution in [0, 0.1) is 6.92 Å². The summed E-state index contributed by atoms with van der Waals surface area (Å²) >= 11 is 0. The number of fused-ring (bicyclic) bond motifs is 1. The van der Waals surface area contributed by atoms with Crippen molar-refractivity contribution in [3.05, 3.63) is 41.6 Å². The van der Waals surface area contributed by atoms with Gasteiger partial charge in [-0.2, -0.15) is 5.10 Å². The number of H-pyrrole nitrogens is 1. The molecule has 1 aliphatic heterocycles. The van der Waals surface area contributed by atoms with Crippen LogP contribution in [-0.4, -0.2) is 49.9 Å². The maximum atomic E-state index is 9.58. The van der Waals surface area contributed by atoms with Crippen molar-refractivity contribution in [2.75, 3.05) is 13.1 Å². The summed E-state index contributed by atoms with van der Waals surface area (Å²) in [5, 5.41) is 21.7. The van der Waals surface area contributed by atoms with Crippen molar-refractivity contribution < 1.29 is 5.11 Å². The molecule has 0 spiro atoms. The number of aryl methyl sites for hydroxylation is 1. The van der Waals surface area contributed by atoms with Gasteiger partial charge in [0.1, 0.15) is 5.75 Å². The van der Waals surface area contributed by atoms with E-state index in [1.807, 2.05) is 19.1 Å². The standard InChI is InChI=1S/C21H27N5O/c1-13-10-26(21(3,4)12-22-13)11-16-9-18(15-5-7-17(27)8-6-15)23-20-19(16)14(2)24-25-20/h5-9,13,22,27H,10-12H2,1-4H3,(H,23,24,25)/t13-/m0/s1. The number of aromatic hydroxyl groups is 1. The number of aromatic amines is 1. The van der Waals surface area contributed by atoms with Gasteiger partial charge in [0.15, 0.2) is 5.65 Å². The average molecular weight is 365 g/mol. The second kappa shape index (κ2) is 6.62. The Morgan fingerprint density at radius 1 is 1.26 bits per heavy atom. The Hall–Kier alpha value is -2.44. The van der Waals surface area contributed by atoms with Gasteiger partial charge in [0.2, 0.25) is 0 Å². The first-order valence-corrected chi connectivity index (χ1v) is 9.46. The zero-order chi connectivity index (χ0) is 19.2.